The minimum absolute atomic E-state index is 0.208. The van der Waals surface area contributed by atoms with Crippen LogP contribution in [0.3, 0.4) is 0 Å². The summed E-state index contributed by atoms with van der Waals surface area (Å²) in [6, 6.07) is 11.0. The van der Waals surface area contributed by atoms with Crippen LogP contribution in [0, 0.1) is 6.92 Å². The molecule has 0 aliphatic rings. The predicted molar refractivity (Wildman–Crippen MR) is 71.8 cm³/mol. The van der Waals surface area contributed by atoms with Crippen LogP contribution in [-0.4, -0.2) is 8.42 Å². The molecule has 19 heavy (non-hydrogen) atoms. The molecule has 102 valence electrons. The molecule has 0 bridgehead atoms. The Kier molecular flexibility index (Phi) is 4.04. The molecule has 2 aromatic rings. The van der Waals surface area contributed by atoms with Gasteiger partial charge in [0, 0.05) is 6.54 Å². The lowest BCUT2D eigenvalue weighted by molar-refractivity contribution is 0.402. The molecule has 0 aliphatic carbocycles. The van der Waals surface area contributed by atoms with Crippen molar-refractivity contribution in [3.8, 4) is 0 Å². The van der Waals surface area contributed by atoms with Gasteiger partial charge in [-0.05, 0) is 30.2 Å². The van der Waals surface area contributed by atoms with Crippen LogP contribution in [0.2, 0.25) is 0 Å². The van der Waals surface area contributed by atoms with E-state index in [-0.39, 0.29) is 5.09 Å². The molecule has 0 fully saturated rings. The fourth-order valence-corrected chi connectivity index (χ4v) is 2.22. The van der Waals surface area contributed by atoms with E-state index in [1.165, 1.54) is 17.2 Å². The van der Waals surface area contributed by atoms with Crippen molar-refractivity contribution < 1.29 is 12.8 Å². The summed E-state index contributed by atoms with van der Waals surface area (Å²) in [5, 5.41) is 7.95. The van der Waals surface area contributed by atoms with Crippen LogP contribution in [0.15, 0.2) is 45.9 Å². The largest absolute Gasteiger partial charge is 0.447 e. The van der Waals surface area contributed by atoms with Crippen molar-refractivity contribution in [1.82, 2.24) is 5.32 Å². The highest BCUT2D eigenvalue weighted by atomic mass is 32.2. The summed E-state index contributed by atoms with van der Waals surface area (Å²) in [4.78, 5) is 0. The molecule has 0 saturated heterocycles. The van der Waals surface area contributed by atoms with E-state index in [1.807, 2.05) is 31.2 Å². The highest BCUT2D eigenvalue weighted by Crippen LogP contribution is 2.12. The SMILES string of the molecule is Cc1ccccc1CNCc1ccc(S(N)(=O)=O)o1. The molecule has 0 aliphatic heterocycles. The molecule has 2 rings (SSSR count). The first-order valence-corrected chi connectivity index (χ1v) is 7.38. The molecule has 0 saturated carbocycles. The van der Waals surface area contributed by atoms with Crippen molar-refractivity contribution in [2.45, 2.75) is 25.1 Å². The molecule has 3 N–H and O–H groups in total. The number of nitrogens with two attached hydrogens (primary N) is 1. The maximum atomic E-state index is 11.0. The fraction of sp³-hybridized carbons (Fsp3) is 0.231. The van der Waals surface area contributed by atoms with Crippen LogP contribution in [0.1, 0.15) is 16.9 Å². The Morgan fingerprint density at radius 3 is 2.53 bits per heavy atom. The van der Waals surface area contributed by atoms with Gasteiger partial charge in [-0.15, -0.1) is 0 Å². The molecule has 6 heteroatoms. The summed E-state index contributed by atoms with van der Waals surface area (Å²) in [5.74, 6) is 0.539. The molecule has 0 spiro atoms. The Morgan fingerprint density at radius 2 is 1.89 bits per heavy atom. The highest BCUT2D eigenvalue weighted by Gasteiger charge is 2.12. The molecule has 1 heterocycles. The number of benzene rings is 1. The normalized spacial score (nSPS) is 11.7. The third kappa shape index (κ3) is 3.66. The summed E-state index contributed by atoms with van der Waals surface area (Å²) in [6.45, 7) is 3.19. The number of furan rings is 1. The molecular formula is C13H16N2O3S. The summed E-state index contributed by atoms with van der Waals surface area (Å²) in [7, 11) is -3.76. The Morgan fingerprint density at radius 1 is 1.16 bits per heavy atom. The predicted octanol–water partition coefficient (Wildman–Crippen LogP) is 1.53. The van der Waals surface area contributed by atoms with Crippen LogP contribution in [0.25, 0.3) is 0 Å². The summed E-state index contributed by atoms with van der Waals surface area (Å²) in [5.41, 5.74) is 2.40. The van der Waals surface area contributed by atoms with Gasteiger partial charge < -0.3 is 9.73 Å². The van der Waals surface area contributed by atoms with Gasteiger partial charge >= 0.3 is 0 Å². The van der Waals surface area contributed by atoms with Crippen molar-refractivity contribution in [3.63, 3.8) is 0 Å². The molecule has 0 radical (unpaired) electrons. The Balaban J connectivity index is 1.93. The van der Waals surface area contributed by atoms with Crippen LogP contribution in [0.5, 0.6) is 0 Å². The first-order chi connectivity index (χ1) is 8.97. The number of rotatable bonds is 5. The standard InChI is InChI=1S/C13H16N2O3S/c1-10-4-2-3-5-11(10)8-15-9-12-6-7-13(18-12)19(14,16)17/h2-7,15H,8-9H2,1H3,(H2,14,16,17). The number of aryl methyl sites for hydroxylation is 1. The van der Waals surface area contributed by atoms with Crippen molar-refractivity contribution in [2.24, 2.45) is 5.14 Å². The third-order valence-corrected chi connectivity index (χ3v) is 3.57. The van der Waals surface area contributed by atoms with E-state index < -0.39 is 10.0 Å². The second-order valence-electron chi connectivity index (χ2n) is 4.30. The highest BCUT2D eigenvalue weighted by molar-refractivity contribution is 7.89. The van der Waals surface area contributed by atoms with Gasteiger partial charge in [0.1, 0.15) is 5.76 Å². The lowest BCUT2D eigenvalue weighted by Gasteiger charge is -2.06. The quantitative estimate of drug-likeness (QED) is 0.869. The van der Waals surface area contributed by atoms with Crippen molar-refractivity contribution in [1.29, 1.82) is 0 Å². The zero-order valence-corrected chi connectivity index (χ0v) is 11.4. The van der Waals surface area contributed by atoms with Crippen LogP contribution >= 0.6 is 0 Å². The number of hydrogen-bond acceptors (Lipinski definition) is 4. The average Bonchev–Trinajstić information content (AvgIpc) is 2.80. The van der Waals surface area contributed by atoms with E-state index in [0.29, 0.717) is 18.8 Å². The topological polar surface area (TPSA) is 85.3 Å². The Bertz CT molecular complexity index is 662. The Labute approximate surface area is 112 Å². The minimum Gasteiger partial charge on any atom is -0.447 e. The molecule has 0 unspecified atom stereocenters. The lowest BCUT2D eigenvalue weighted by atomic mass is 10.1. The van der Waals surface area contributed by atoms with Gasteiger partial charge in [-0.25, -0.2) is 13.6 Å². The van der Waals surface area contributed by atoms with Crippen molar-refractivity contribution in [3.05, 3.63) is 53.3 Å². The van der Waals surface area contributed by atoms with Crippen LogP contribution < -0.4 is 10.5 Å². The number of sulfonamides is 1. The summed E-state index contributed by atoms with van der Waals surface area (Å²) >= 11 is 0. The summed E-state index contributed by atoms with van der Waals surface area (Å²) in [6.07, 6.45) is 0. The van der Waals surface area contributed by atoms with Gasteiger partial charge in [-0.3, -0.25) is 0 Å². The van der Waals surface area contributed by atoms with Crippen LogP contribution in [0.4, 0.5) is 0 Å². The van der Waals surface area contributed by atoms with E-state index in [1.54, 1.807) is 6.07 Å². The zero-order valence-electron chi connectivity index (χ0n) is 10.6. The third-order valence-electron chi connectivity index (χ3n) is 2.79. The number of primary sulfonamides is 1. The van der Waals surface area contributed by atoms with E-state index in [0.717, 1.165) is 0 Å². The Hall–Kier alpha value is -1.63. The van der Waals surface area contributed by atoms with E-state index >= 15 is 0 Å². The second-order valence-corrected chi connectivity index (χ2v) is 5.79. The van der Waals surface area contributed by atoms with Gasteiger partial charge in [-0.1, -0.05) is 24.3 Å². The van der Waals surface area contributed by atoms with E-state index in [2.05, 4.69) is 5.32 Å². The smallest absolute Gasteiger partial charge is 0.271 e. The first-order valence-electron chi connectivity index (χ1n) is 5.83. The van der Waals surface area contributed by atoms with Crippen LogP contribution in [-0.2, 0) is 23.1 Å². The minimum atomic E-state index is -3.76. The lowest BCUT2D eigenvalue weighted by Crippen LogP contribution is -2.13. The first kappa shape index (κ1) is 13.8. The van der Waals surface area contributed by atoms with Crippen molar-refractivity contribution >= 4 is 10.0 Å². The van der Waals surface area contributed by atoms with Gasteiger partial charge in [0.05, 0.1) is 6.54 Å². The van der Waals surface area contributed by atoms with Gasteiger partial charge in [0.25, 0.3) is 10.0 Å². The van der Waals surface area contributed by atoms with E-state index in [4.69, 9.17) is 9.56 Å². The van der Waals surface area contributed by atoms with Gasteiger partial charge in [-0.2, -0.15) is 0 Å². The second kappa shape index (κ2) is 5.56. The number of hydrogen-bond donors (Lipinski definition) is 2. The maximum absolute atomic E-state index is 11.0. The molecule has 0 atom stereocenters. The molecule has 0 amide bonds. The van der Waals surface area contributed by atoms with Gasteiger partial charge in [0.15, 0.2) is 0 Å². The average molecular weight is 280 g/mol. The maximum Gasteiger partial charge on any atom is 0.271 e. The molecule has 1 aromatic carbocycles. The molecular weight excluding hydrogens is 264 g/mol. The molecule has 1 aromatic heterocycles. The monoisotopic (exact) mass is 280 g/mol. The van der Waals surface area contributed by atoms with Crippen molar-refractivity contribution in [2.75, 3.05) is 0 Å². The molecule has 5 nitrogen and oxygen atoms in total. The van der Waals surface area contributed by atoms with Gasteiger partial charge in [0.2, 0.25) is 5.09 Å². The zero-order chi connectivity index (χ0) is 13.9. The number of nitrogens with one attached hydrogen (secondary N) is 1. The van der Waals surface area contributed by atoms with E-state index in [9.17, 15) is 8.42 Å². The summed E-state index contributed by atoms with van der Waals surface area (Å²) < 4.78 is 27.2. The fourth-order valence-electron chi connectivity index (χ4n) is 1.73.